The van der Waals surface area contributed by atoms with E-state index in [0.717, 1.165) is 0 Å². The fourth-order valence-corrected chi connectivity index (χ4v) is 3.07. The molecule has 1 aliphatic rings. The molecule has 0 saturated heterocycles. The molecule has 1 aliphatic carbocycles. The zero-order valence-corrected chi connectivity index (χ0v) is 21.0. The van der Waals surface area contributed by atoms with Crippen LogP contribution in [0.15, 0.2) is 53.1 Å². The van der Waals surface area contributed by atoms with Gasteiger partial charge in [0.2, 0.25) is 0 Å². The molecule has 2 aromatic rings. The van der Waals surface area contributed by atoms with Gasteiger partial charge in [-0.15, -0.1) is 35.2 Å². The molecule has 28 heavy (non-hydrogen) atoms. The van der Waals surface area contributed by atoms with Crippen LogP contribution in [-0.4, -0.2) is 11.7 Å². The Bertz CT molecular complexity index is 832. The van der Waals surface area contributed by atoms with E-state index in [1.54, 1.807) is 0 Å². The quantitative estimate of drug-likeness (QED) is 0.490. The molecular formula is C24H31Cl2OTi. The van der Waals surface area contributed by atoms with Crippen LogP contribution in [-0.2, 0) is 21.7 Å². The van der Waals surface area contributed by atoms with Crippen LogP contribution in [0.25, 0.3) is 16.3 Å². The summed E-state index contributed by atoms with van der Waals surface area (Å²) >= 11 is 0. The number of fused-ring (bicyclic) bond motifs is 1. The summed E-state index contributed by atoms with van der Waals surface area (Å²) in [6, 6.07) is 16.4. The summed E-state index contributed by atoms with van der Waals surface area (Å²) < 4.78 is 0. The molecule has 1 unspecified atom stereocenters. The topological polar surface area (TPSA) is 20.2 Å². The molecule has 0 spiro atoms. The van der Waals surface area contributed by atoms with Crippen molar-refractivity contribution in [2.75, 3.05) is 6.61 Å². The van der Waals surface area contributed by atoms with E-state index in [4.69, 9.17) is 5.11 Å². The molecule has 0 fully saturated rings. The molecule has 1 N–H and O–H groups in total. The van der Waals surface area contributed by atoms with Crippen molar-refractivity contribution in [1.82, 2.24) is 0 Å². The van der Waals surface area contributed by atoms with Gasteiger partial charge in [0, 0.05) is 6.61 Å². The Morgan fingerprint density at radius 2 is 1.46 bits per heavy atom. The minimum atomic E-state index is 0. The van der Waals surface area contributed by atoms with Crippen LogP contribution in [0.4, 0.5) is 0 Å². The molecule has 2 aromatic carbocycles. The van der Waals surface area contributed by atoms with E-state index in [1.165, 1.54) is 38.6 Å². The van der Waals surface area contributed by atoms with Crippen molar-refractivity contribution in [2.45, 2.75) is 48.5 Å². The zero-order valence-electron chi connectivity index (χ0n) is 18.0. The Kier molecular flexibility index (Phi) is 12.9. The van der Waals surface area contributed by atoms with Crippen LogP contribution in [0.1, 0.15) is 54.0 Å². The molecule has 0 aromatic heterocycles. The Labute approximate surface area is 198 Å². The standard InChI is InChI=1S/C19H19.C5H12O.2ClH.Ti/c1-12-13(2)15(4)19(14(12)3)18-10-9-16-7-5-6-8-17(16)11-18;1-5(2,3)4-6;;;/h5-10,14H,1-4H3;6H,4H2,1-3H3;2*1H;/q-1;;;;+3/p-2. The fourth-order valence-electron chi connectivity index (χ4n) is 3.07. The maximum atomic E-state index is 8.40. The number of hydrogen-bond acceptors (Lipinski definition) is 1. The van der Waals surface area contributed by atoms with Gasteiger partial charge in [-0.05, 0) is 32.1 Å². The molecule has 0 heterocycles. The second-order valence-corrected chi connectivity index (χ2v) is 8.25. The van der Waals surface area contributed by atoms with Crippen molar-refractivity contribution in [3.8, 4) is 0 Å². The van der Waals surface area contributed by atoms with E-state index in [1.807, 2.05) is 20.8 Å². The van der Waals surface area contributed by atoms with Crippen LogP contribution in [0, 0.1) is 17.4 Å². The first-order chi connectivity index (χ1) is 11.7. The second-order valence-electron chi connectivity index (χ2n) is 8.25. The van der Waals surface area contributed by atoms with Gasteiger partial charge >= 0.3 is 21.7 Å². The normalized spacial score (nSPS) is 15.9. The molecule has 0 saturated carbocycles. The average Bonchev–Trinajstić information content (AvgIpc) is 2.78. The molecule has 0 amide bonds. The largest absolute Gasteiger partial charge is 3.00 e. The molecule has 1 atom stereocenters. The number of aliphatic hydroxyl groups is 1. The van der Waals surface area contributed by atoms with Crippen molar-refractivity contribution in [3.63, 3.8) is 0 Å². The van der Waals surface area contributed by atoms with Crippen molar-refractivity contribution >= 4 is 16.3 Å². The molecule has 151 valence electrons. The van der Waals surface area contributed by atoms with Crippen LogP contribution < -0.4 is 24.8 Å². The van der Waals surface area contributed by atoms with Gasteiger partial charge in [-0.3, -0.25) is 0 Å². The van der Waals surface area contributed by atoms with Gasteiger partial charge in [-0.2, -0.15) is 0 Å². The molecule has 4 heteroatoms. The third kappa shape index (κ3) is 7.04. The summed E-state index contributed by atoms with van der Waals surface area (Å²) in [4.78, 5) is 0. The first kappa shape index (κ1) is 29.6. The first-order valence-corrected chi connectivity index (χ1v) is 9.06. The number of benzene rings is 2. The van der Waals surface area contributed by atoms with Crippen LogP contribution in [0.3, 0.4) is 0 Å². The van der Waals surface area contributed by atoms with Gasteiger partial charge in [0.1, 0.15) is 0 Å². The molecule has 0 bridgehead atoms. The molecule has 3 rings (SSSR count). The smallest absolute Gasteiger partial charge is 1.00 e. The Hall–Kier alpha value is -0.566. The summed E-state index contributed by atoms with van der Waals surface area (Å²) in [7, 11) is 0. The molecule has 0 aliphatic heterocycles. The maximum Gasteiger partial charge on any atom is 3.00 e. The van der Waals surface area contributed by atoms with Gasteiger partial charge in [0.25, 0.3) is 0 Å². The number of halogens is 2. The van der Waals surface area contributed by atoms with Crippen molar-refractivity contribution in [1.29, 1.82) is 0 Å². The van der Waals surface area contributed by atoms with Gasteiger partial charge < -0.3 is 29.9 Å². The van der Waals surface area contributed by atoms with E-state index >= 15 is 0 Å². The minimum absolute atomic E-state index is 0. The van der Waals surface area contributed by atoms with E-state index in [9.17, 15) is 0 Å². The van der Waals surface area contributed by atoms with Crippen LogP contribution in [0.5, 0.6) is 0 Å². The fraction of sp³-hybridized carbons (Fsp3) is 0.417. The monoisotopic (exact) mass is 453 g/mol. The number of allylic oxidation sites excluding steroid dienone is 4. The van der Waals surface area contributed by atoms with E-state index in [0.29, 0.717) is 5.92 Å². The Morgan fingerprint density at radius 3 is 1.93 bits per heavy atom. The van der Waals surface area contributed by atoms with E-state index < -0.39 is 0 Å². The van der Waals surface area contributed by atoms with Crippen molar-refractivity contribution in [3.05, 3.63) is 64.7 Å². The summed E-state index contributed by atoms with van der Waals surface area (Å²) in [5.41, 5.74) is 7.16. The van der Waals surface area contributed by atoms with Crippen LogP contribution in [0.2, 0.25) is 0 Å². The third-order valence-electron chi connectivity index (χ3n) is 5.06. The predicted octanol–water partition coefficient (Wildman–Crippen LogP) is 0.430. The minimum Gasteiger partial charge on any atom is -1.00 e. The summed E-state index contributed by atoms with van der Waals surface area (Å²) in [6.07, 6.45) is 0. The molecule has 1 nitrogen and oxygen atoms in total. The van der Waals surface area contributed by atoms with Gasteiger partial charge in [-0.25, -0.2) is 0 Å². The second kappa shape index (κ2) is 12.2. The van der Waals surface area contributed by atoms with Crippen molar-refractivity contribution in [2.24, 2.45) is 11.3 Å². The van der Waals surface area contributed by atoms with E-state index in [-0.39, 0.29) is 58.6 Å². The summed E-state index contributed by atoms with van der Waals surface area (Å²) in [5, 5.41) is 10.9. The number of hydrogen-bond donors (Lipinski definition) is 1. The average molecular weight is 454 g/mol. The zero-order chi connectivity index (χ0) is 18.8. The SMILES string of the molecule is CC(C)(C)CO.CC1=C(C)C(C)C(c2[c-]c3ccccc3cc2)=C1C.[Cl-].[Cl-].[Ti+3]. The van der Waals surface area contributed by atoms with Gasteiger partial charge in [0.05, 0.1) is 0 Å². The Balaban J connectivity index is 0. The van der Waals surface area contributed by atoms with Crippen molar-refractivity contribution < 1.29 is 51.6 Å². The van der Waals surface area contributed by atoms with Gasteiger partial charge in [-0.1, -0.05) is 73.6 Å². The van der Waals surface area contributed by atoms with E-state index in [2.05, 4.69) is 70.2 Å². The Morgan fingerprint density at radius 1 is 0.929 bits per heavy atom. The number of rotatable bonds is 1. The third-order valence-corrected chi connectivity index (χ3v) is 5.06. The maximum absolute atomic E-state index is 8.40. The summed E-state index contributed by atoms with van der Waals surface area (Å²) in [5.74, 6) is 0.511. The number of aliphatic hydroxyl groups excluding tert-OH is 1. The van der Waals surface area contributed by atoms with Crippen LogP contribution >= 0.6 is 0 Å². The molecule has 1 radical (unpaired) electrons. The first-order valence-electron chi connectivity index (χ1n) is 9.06. The molecular weight excluding hydrogens is 423 g/mol. The predicted molar refractivity (Wildman–Crippen MR) is 109 cm³/mol. The van der Waals surface area contributed by atoms with Gasteiger partial charge in [0.15, 0.2) is 0 Å². The summed E-state index contributed by atoms with van der Waals surface area (Å²) in [6.45, 7) is 15.3.